The predicted molar refractivity (Wildman–Crippen MR) is 117 cm³/mol. The predicted octanol–water partition coefficient (Wildman–Crippen LogP) is 4.70. The molecule has 34 heavy (non-hydrogen) atoms. The van der Waals surface area contributed by atoms with Crippen molar-refractivity contribution in [2.75, 3.05) is 30.4 Å². The van der Waals surface area contributed by atoms with E-state index >= 15 is 0 Å². The van der Waals surface area contributed by atoms with Gasteiger partial charge in [0.15, 0.2) is 5.15 Å². The number of fused-ring (bicyclic) bond motifs is 2. The maximum atomic E-state index is 14.5. The number of nitrogens with one attached hydrogen (secondary N) is 2. The Morgan fingerprint density at radius 3 is 2.47 bits per heavy atom. The van der Waals surface area contributed by atoms with Crippen LogP contribution in [0.1, 0.15) is 25.3 Å². The molecule has 1 saturated carbocycles. The Hall–Kier alpha value is -2.82. The number of carbonyl (C=O) groups is 1. The summed E-state index contributed by atoms with van der Waals surface area (Å²) in [7, 11) is 1.30. The lowest BCUT2D eigenvalue weighted by atomic mass is 9.87. The Balaban J connectivity index is 1.53. The lowest BCUT2D eigenvalue weighted by Crippen LogP contribution is -2.41. The van der Waals surface area contributed by atoms with Crippen molar-refractivity contribution in [3.8, 4) is 0 Å². The van der Waals surface area contributed by atoms with Crippen LogP contribution >= 0.6 is 11.6 Å². The van der Waals surface area contributed by atoms with E-state index in [2.05, 4.69) is 15.7 Å². The normalized spacial score (nSPS) is 29.4. The number of rotatable bonds is 3. The van der Waals surface area contributed by atoms with Crippen molar-refractivity contribution < 1.29 is 26.7 Å². The van der Waals surface area contributed by atoms with Crippen LogP contribution < -0.4 is 15.5 Å². The van der Waals surface area contributed by atoms with Crippen molar-refractivity contribution in [3.05, 3.63) is 46.7 Å². The van der Waals surface area contributed by atoms with Crippen LogP contribution in [0.25, 0.3) is 5.70 Å². The first-order valence-electron chi connectivity index (χ1n) is 10.5. The standard InChI is InChI=1S/C22H21ClF5N5O/c1-19(22(26,27)28)10-32(13-9-30-15-8-14(23)31-33(15)17(13)19)12-6-4-11(5-7-12)16-20(2,18(34)29-3)21(16,24)25/h4-8,16,30H,9-10H2,1-3H3,(H,29,34). The van der Waals surface area contributed by atoms with Gasteiger partial charge in [-0.15, -0.1) is 0 Å². The van der Waals surface area contributed by atoms with Gasteiger partial charge in [-0.3, -0.25) is 4.79 Å². The van der Waals surface area contributed by atoms with Gasteiger partial charge < -0.3 is 15.5 Å². The lowest BCUT2D eigenvalue weighted by Gasteiger charge is -2.31. The zero-order valence-corrected chi connectivity index (χ0v) is 19.2. The summed E-state index contributed by atoms with van der Waals surface area (Å²) in [5.74, 6) is -4.94. The first kappa shape index (κ1) is 22.9. The molecular formula is C22H21ClF5N5O. The number of amides is 1. The van der Waals surface area contributed by atoms with Gasteiger partial charge in [0.25, 0.3) is 5.92 Å². The molecule has 2 aromatic rings. The van der Waals surface area contributed by atoms with Crippen LogP contribution in [0.4, 0.5) is 33.5 Å². The SMILES string of the molecule is CNC(=O)C1(C)C(c2ccc(N3CC(C)(C(F)(F)F)C4=C3CNc3cc(Cl)nn34)cc2)C1(F)F. The Morgan fingerprint density at radius 2 is 1.88 bits per heavy atom. The average molecular weight is 502 g/mol. The number of hydrogen-bond donors (Lipinski definition) is 2. The molecule has 1 aromatic carbocycles. The molecule has 0 saturated heterocycles. The number of carbonyl (C=O) groups excluding carboxylic acids is 1. The number of alkyl halides is 5. The molecular weight excluding hydrogens is 481 g/mol. The van der Waals surface area contributed by atoms with E-state index in [1.807, 2.05) is 0 Å². The zero-order valence-electron chi connectivity index (χ0n) is 18.4. The summed E-state index contributed by atoms with van der Waals surface area (Å²) in [6, 6.07) is 7.35. The third-order valence-corrected chi connectivity index (χ3v) is 7.52. The molecule has 0 spiro atoms. The van der Waals surface area contributed by atoms with E-state index in [0.29, 0.717) is 17.2 Å². The number of aromatic nitrogens is 2. The number of hydrogen-bond acceptors (Lipinski definition) is 4. The molecule has 1 amide bonds. The van der Waals surface area contributed by atoms with Gasteiger partial charge in [0, 0.05) is 25.3 Å². The monoisotopic (exact) mass is 501 g/mol. The van der Waals surface area contributed by atoms with Crippen LogP contribution in [0.5, 0.6) is 0 Å². The molecule has 1 aliphatic carbocycles. The van der Waals surface area contributed by atoms with Crippen molar-refractivity contribution in [3.63, 3.8) is 0 Å². The van der Waals surface area contributed by atoms with Crippen molar-refractivity contribution in [2.24, 2.45) is 10.8 Å². The van der Waals surface area contributed by atoms with E-state index in [9.17, 15) is 26.7 Å². The quantitative estimate of drug-likeness (QED) is 0.598. The molecule has 2 N–H and O–H groups in total. The summed E-state index contributed by atoms with van der Waals surface area (Å²) in [6.07, 6.45) is -4.58. The van der Waals surface area contributed by atoms with Gasteiger partial charge in [-0.05, 0) is 31.5 Å². The number of halogens is 6. The first-order valence-corrected chi connectivity index (χ1v) is 10.9. The third-order valence-electron chi connectivity index (χ3n) is 7.34. The fraction of sp³-hybridized carbons (Fsp3) is 0.455. The second kappa shape index (κ2) is 6.87. The maximum Gasteiger partial charge on any atom is 0.401 e. The van der Waals surface area contributed by atoms with Crippen LogP contribution in [0.3, 0.4) is 0 Å². The molecule has 3 atom stereocenters. The van der Waals surface area contributed by atoms with E-state index in [0.717, 1.165) is 6.92 Å². The Kier molecular flexibility index (Phi) is 4.63. The fourth-order valence-corrected chi connectivity index (χ4v) is 5.40. The smallest absolute Gasteiger partial charge is 0.364 e. The van der Waals surface area contributed by atoms with Gasteiger partial charge in [0.05, 0.1) is 23.9 Å². The molecule has 0 radical (unpaired) electrons. The van der Waals surface area contributed by atoms with Gasteiger partial charge in [0.1, 0.15) is 16.6 Å². The highest BCUT2D eigenvalue weighted by atomic mass is 35.5. The molecule has 1 fully saturated rings. The number of anilines is 2. The molecule has 5 rings (SSSR count). The molecule has 3 aliphatic rings. The molecule has 2 aliphatic heterocycles. The van der Waals surface area contributed by atoms with E-state index in [4.69, 9.17) is 11.6 Å². The van der Waals surface area contributed by atoms with Crippen LogP contribution in [0.2, 0.25) is 5.15 Å². The molecule has 3 unspecified atom stereocenters. The highest BCUT2D eigenvalue weighted by molar-refractivity contribution is 6.29. The van der Waals surface area contributed by atoms with E-state index < -0.39 is 41.3 Å². The fourth-order valence-electron chi connectivity index (χ4n) is 5.22. The second-order valence-electron chi connectivity index (χ2n) is 9.26. The molecule has 3 heterocycles. The van der Waals surface area contributed by atoms with Crippen molar-refractivity contribution in [1.82, 2.24) is 15.1 Å². The van der Waals surface area contributed by atoms with Crippen LogP contribution in [-0.4, -0.2) is 47.9 Å². The lowest BCUT2D eigenvalue weighted by molar-refractivity contribution is -0.192. The van der Waals surface area contributed by atoms with E-state index in [1.165, 1.54) is 53.9 Å². The summed E-state index contributed by atoms with van der Waals surface area (Å²) >= 11 is 5.95. The van der Waals surface area contributed by atoms with Crippen LogP contribution in [0, 0.1) is 10.8 Å². The second-order valence-corrected chi connectivity index (χ2v) is 9.65. The van der Waals surface area contributed by atoms with Crippen LogP contribution in [0.15, 0.2) is 36.0 Å². The summed E-state index contributed by atoms with van der Waals surface area (Å²) in [4.78, 5) is 13.6. The summed E-state index contributed by atoms with van der Waals surface area (Å²) in [5.41, 5.74) is -3.11. The zero-order chi connectivity index (χ0) is 24.8. The van der Waals surface area contributed by atoms with Gasteiger partial charge in [0.2, 0.25) is 5.91 Å². The summed E-state index contributed by atoms with van der Waals surface area (Å²) in [5, 5.41) is 9.42. The molecule has 182 valence electrons. The minimum Gasteiger partial charge on any atom is -0.364 e. The Morgan fingerprint density at radius 1 is 1.24 bits per heavy atom. The van der Waals surface area contributed by atoms with Gasteiger partial charge in [-0.25, -0.2) is 13.5 Å². The highest BCUT2D eigenvalue weighted by Crippen LogP contribution is 2.71. The van der Waals surface area contributed by atoms with Crippen molar-refractivity contribution in [1.29, 1.82) is 0 Å². The van der Waals surface area contributed by atoms with Crippen molar-refractivity contribution in [2.45, 2.75) is 31.9 Å². The molecule has 0 bridgehead atoms. The minimum atomic E-state index is -4.58. The average Bonchev–Trinajstić information content (AvgIpc) is 3.05. The minimum absolute atomic E-state index is 0.0226. The topological polar surface area (TPSA) is 62.2 Å². The number of nitrogens with zero attached hydrogens (tertiary/aromatic N) is 3. The maximum absolute atomic E-state index is 14.5. The Bertz CT molecular complexity index is 1220. The van der Waals surface area contributed by atoms with Crippen LogP contribution in [-0.2, 0) is 4.79 Å². The third kappa shape index (κ3) is 2.79. The van der Waals surface area contributed by atoms with Gasteiger partial charge >= 0.3 is 6.18 Å². The molecule has 1 aromatic heterocycles. The van der Waals surface area contributed by atoms with Gasteiger partial charge in [-0.2, -0.15) is 18.3 Å². The highest BCUT2D eigenvalue weighted by Gasteiger charge is 2.82. The molecule has 6 nitrogen and oxygen atoms in total. The number of benzene rings is 1. The summed E-state index contributed by atoms with van der Waals surface area (Å²) < 4.78 is 73.1. The van der Waals surface area contributed by atoms with Gasteiger partial charge in [-0.1, -0.05) is 23.7 Å². The van der Waals surface area contributed by atoms with E-state index in [-0.39, 0.29) is 23.0 Å². The first-order chi connectivity index (χ1) is 15.8. The van der Waals surface area contributed by atoms with E-state index in [1.54, 1.807) is 0 Å². The largest absolute Gasteiger partial charge is 0.401 e. The van der Waals surface area contributed by atoms with Crippen molar-refractivity contribution >= 4 is 34.7 Å². The summed E-state index contributed by atoms with van der Waals surface area (Å²) in [6.45, 7) is 2.02. The molecule has 12 heteroatoms. The Labute approximate surface area is 196 Å².